The second-order valence-electron chi connectivity index (χ2n) is 7.53. The van der Waals surface area contributed by atoms with Crippen molar-refractivity contribution in [3.63, 3.8) is 0 Å². The lowest BCUT2D eigenvalue weighted by Crippen LogP contribution is -2.49. The summed E-state index contributed by atoms with van der Waals surface area (Å²) in [4.78, 5) is 6.88. The molecule has 1 aromatic rings. The van der Waals surface area contributed by atoms with Crippen molar-refractivity contribution in [1.82, 2.24) is 15.5 Å². The zero-order valence-electron chi connectivity index (χ0n) is 18.4. The average Bonchev–Trinajstić information content (AvgIpc) is 2.72. The highest BCUT2D eigenvalue weighted by atomic mass is 32.2. The van der Waals surface area contributed by atoms with E-state index in [0.29, 0.717) is 25.7 Å². The molecule has 0 aromatic heterocycles. The summed E-state index contributed by atoms with van der Waals surface area (Å²) in [5, 5.41) is 6.81. The molecule has 0 bridgehead atoms. The molecule has 170 valence electrons. The molecule has 1 fully saturated rings. The molecule has 0 spiro atoms. The molecule has 2 rings (SSSR count). The summed E-state index contributed by atoms with van der Waals surface area (Å²) in [6.07, 6.45) is 4.07. The first-order valence-corrected chi connectivity index (χ1v) is 12.7. The number of hydrogen-bond donors (Lipinski definition) is 2. The lowest BCUT2D eigenvalue weighted by molar-refractivity contribution is 0.216. The van der Waals surface area contributed by atoms with E-state index < -0.39 is 9.84 Å². The van der Waals surface area contributed by atoms with Crippen molar-refractivity contribution >= 4 is 15.8 Å². The van der Waals surface area contributed by atoms with Crippen molar-refractivity contribution in [2.75, 3.05) is 58.4 Å². The van der Waals surface area contributed by atoms with Gasteiger partial charge in [0.1, 0.15) is 21.3 Å². The van der Waals surface area contributed by atoms with E-state index in [2.05, 4.69) is 27.4 Å². The molecule has 0 unspecified atom stereocenters. The highest BCUT2D eigenvalue weighted by Crippen LogP contribution is 2.18. The van der Waals surface area contributed by atoms with Gasteiger partial charge in [-0.05, 0) is 31.9 Å². The van der Waals surface area contributed by atoms with E-state index in [1.807, 2.05) is 24.3 Å². The third-order valence-electron chi connectivity index (χ3n) is 4.93. The van der Waals surface area contributed by atoms with Gasteiger partial charge in [0.25, 0.3) is 0 Å². The number of benzene rings is 1. The van der Waals surface area contributed by atoms with Crippen LogP contribution in [0.5, 0.6) is 11.5 Å². The highest BCUT2D eigenvalue weighted by molar-refractivity contribution is 7.90. The summed E-state index contributed by atoms with van der Waals surface area (Å²) in [5.74, 6) is 2.64. The van der Waals surface area contributed by atoms with Crippen LogP contribution in [0.25, 0.3) is 0 Å². The summed E-state index contributed by atoms with van der Waals surface area (Å²) < 4.78 is 33.6. The first kappa shape index (κ1) is 24.3. The predicted molar refractivity (Wildman–Crippen MR) is 121 cm³/mol. The molecule has 0 atom stereocenters. The number of nitrogens with zero attached hydrogens (tertiary/aromatic N) is 2. The quantitative estimate of drug-likeness (QED) is 0.306. The van der Waals surface area contributed by atoms with Gasteiger partial charge >= 0.3 is 0 Å². The van der Waals surface area contributed by atoms with E-state index in [1.165, 1.54) is 6.26 Å². The van der Waals surface area contributed by atoms with Crippen LogP contribution in [0.1, 0.15) is 26.2 Å². The van der Waals surface area contributed by atoms with Gasteiger partial charge < -0.3 is 25.0 Å². The predicted octanol–water partition coefficient (Wildman–Crippen LogP) is 1.53. The fourth-order valence-electron chi connectivity index (χ4n) is 3.25. The summed E-state index contributed by atoms with van der Waals surface area (Å²) in [6, 6.07) is 7.94. The molecule has 0 radical (unpaired) electrons. The van der Waals surface area contributed by atoms with Gasteiger partial charge in [-0.1, -0.05) is 6.07 Å². The third kappa shape index (κ3) is 9.67. The molecule has 1 aliphatic heterocycles. The Balaban J connectivity index is 1.70. The van der Waals surface area contributed by atoms with Crippen LogP contribution in [0.2, 0.25) is 0 Å². The van der Waals surface area contributed by atoms with Crippen LogP contribution in [-0.4, -0.2) is 83.8 Å². The number of nitrogens with one attached hydrogen (secondary N) is 2. The smallest absolute Gasteiger partial charge is 0.191 e. The Morgan fingerprint density at radius 2 is 2.00 bits per heavy atom. The van der Waals surface area contributed by atoms with Gasteiger partial charge in [0.15, 0.2) is 5.96 Å². The Hall–Kier alpha value is -2.00. The maximum Gasteiger partial charge on any atom is 0.191 e. The molecule has 0 saturated carbocycles. The SMILES string of the molecule is CCNC(=NCCCOc1cccc(OC)c1)NC1CCN(CCS(C)(=O)=O)CC1. The number of aliphatic imine (C=N–C) groups is 1. The highest BCUT2D eigenvalue weighted by Gasteiger charge is 2.20. The van der Waals surface area contributed by atoms with Crippen molar-refractivity contribution in [2.45, 2.75) is 32.2 Å². The fraction of sp³-hybridized carbons (Fsp3) is 0.667. The van der Waals surface area contributed by atoms with Crippen LogP contribution in [-0.2, 0) is 9.84 Å². The van der Waals surface area contributed by atoms with E-state index in [1.54, 1.807) is 7.11 Å². The molecule has 1 aliphatic rings. The van der Waals surface area contributed by atoms with Gasteiger partial charge in [-0.25, -0.2) is 8.42 Å². The van der Waals surface area contributed by atoms with Gasteiger partial charge in [0.2, 0.25) is 0 Å². The van der Waals surface area contributed by atoms with E-state index in [9.17, 15) is 8.42 Å². The van der Waals surface area contributed by atoms with Crippen LogP contribution in [0.4, 0.5) is 0 Å². The lowest BCUT2D eigenvalue weighted by atomic mass is 10.1. The Morgan fingerprint density at radius 3 is 2.67 bits per heavy atom. The molecule has 2 N–H and O–H groups in total. The van der Waals surface area contributed by atoms with Crippen molar-refractivity contribution in [2.24, 2.45) is 4.99 Å². The molecule has 0 amide bonds. The minimum atomic E-state index is -2.90. The van der Waals surface area contributed by atoms with Crippen LogP contribution in [0.3, 0.4) is 0 Å². The molecular formula is C21H36N4O4S. The molecule has 0 aliphatic carbocycles. The first-order valence-electron chi connectivity index (χ1n) is 10.6. The fourth-order valence-corrected chi connectivity index (χ4v) is 3.84. The third-order valence-corrected chi connectivity index (χ3v) is 5.86. The zero-order valence-corrected chi connectivity index (χ0v) is 19.2. The van der Waals surface area contributed by atoms with Crippen molar-refractivity contribution < 1.29 is 17.9 Å². The molecule has 8 nitrogen and oxygen atoms in total. The topological polar surface area (TPSA) is 92.3 Å². The number of piperidine rings is 1. The summed E-state index contributed by atoms with van der Waals surface area (Å²) in [5.41, 5.74) is 0. The Kier molecular flexibility index (Phi) is 10.2. The van der Waals surface area contributed by atoms with Crippen LogP contribution >= 0.6 is 0 Å². The van der Waals surface area contributed by atoms with Crippen molar-refractivity contribution in [1.29, 1.82) is 0 Å². The number of ether oxygens (including phenoxy) is 2. The number of likely N-dealkylation sites (tertiary alicyclic amines) is 1. The summed E-state index contributed by atoms with van der Waals surface area (Å²) >= 11 is 0. The maximum absolute atomic E-state index is 11.3. The standard InChI is InChI=1S/C21H36N4O4S/c1-4-22-21(23-11-6-15-29-20-8-5-7-19(17-20)28-2)24-18-9-12-25(13-10-18)14-16-30(3,26)27/h5,7-8,17-18H,4,6,9-16H2,1-3H3,(H2,22,23,24). The monoisotopic (exact) mass is 440 g/mol. The van der Waals surface area contributed by atoms with Gasteiger partial charge in [0, 0.05) is 57.5 Å². The zero-order chi connectivity index (χ0) is 21.8. The average molecular weight is 441 g/mol. The minimum absolute atomic E-state index is 0.229. The van der Waals surface area contributed by atoms with Gasteiger partial charge in [-0.2, -0.15) is 0 Å². The minimum Gasteiger partial charge on any atom is -0.497 e. The molecule has 1 saturated heterocycles. The van der Waals surface area contributed by atoms with Crippen LogP contribution in [0, 0.1) is 0 Å². The van der Waals surface area contributed by atoms with Crippen LogP contribution in [0.15, 0.2) is 29.3 Å². The Labute approximate surface area is 181 Å². The number of hydrogen-bond acceptors (Lipinski definition) is 6. The van der Waals surface area contributed by atoms with E-state index in [0.717, 1.165) is 56.4 Å². The van der Waals surface area contributed by atoms with Gasteiger partial charge in [-0.3, -0.25) is 4.99 Å². The number of guanidine groups is 1. The lowest BCUT2D eigenvalue weighted by Gasteiger charge is -2.32. The molecular weight excluding hydrogens is 404 g/mol. The van der Waals surface area contributed by atoms with Crippen molar-refractivity contribution in [3.05, 3.63) is 24.3 Å². The Morgan fingerprint density at radius 1 is 1.27 bits per heavy atom. The molecule has 1 aromatic carbocycles. The summed E-state index contributed by atoms with van der Waals surface area (Å²) in [6.45, 7) is 6.55. The van der Waals surface area contributed by atoms with Gasteiger partial charge in [-0.15, -0.1) is 0 Å². The molecule has 9 heteroatoms. The second-order valence-corrected chi connectivity index (χ2v) is 9.79. The van der Waals surface area contributed by atoms with E-state index in [4.69, 9.17) is 9.47 Å². The summed E-state index contributed by atoms with van der Waals surface area (Å²) in [7, 11) is -1.26. The Bertz CT molecular complexity index is 762. The number of sulfone groups is 1. The maximum atomic E-state index is 11.3. The largest absolute Gasteiger partial charge is 0.497 e. The number of rotatable bonds is 11. The first-order chi connectivity index (χ1) is 14.4. The van der Waals surface area contributed by atoms with Gasteiger partial charge in [0.05, 0.1) is 19.5 Å². The molecule has 30 heavy (non-hydrogen) atoms. The number of methoxy groups -OCH3 is 1. The van der Waals surface area contributed by atoms with E-state index in [-0.39, 0.29) is 5.75 Å². The normalized spacial score (nSPS) is 16.3. The molecule has 1 heterocycles. The second kappa shape index (κ2) is 12.6. The van der Waals surface area contributed by atoms with E-state index >= 15 is 0 Å². The van der Waals surface area contributed by atoms with Crippen molar-refractivity contribution in [3.8, 4) is 11.5 Å². The van der Waals surface area contributed by atoms with Crippen LogP contribution < -0.4 is 20.1 Å².